The van der Waals surface area contributed by atoms with Crippen LogP contribution in [0, 0.1) is 45.3 Å². The first kappa shape index (κ1) is 95.1. The van der Waals surface area contributed by atoms with Gasteiger partial charge in [0, 0.05) is 111 Å². The number of carbonyl (C=O) groups excluding carboxylic acids is 5. The first-order chi connectivity index (χ1) is 54.8. The van der Waals surface area contributed by atoms with E-state index in [0.717, 1.165) is 152 Å². The Balaban J connectivity index is 0.000000168. The lowest BCUT2D eigenvalue weighted by atomic mass is 9.89. The molecule has 9 fully saturated rings. The number of rotatable bonds is 19. The predicted octanol–water partition coefficient (Wildman–Crippen LogP) is 22.9. The van der Waals surface area contributed by atoms with Gasteiger partial charge in [-0.25, -0.2) is 9.59 Å². The van der Waals surface area contributed by atoms with Crippen LogP contribution in [0.25, 0.3) is 0 Å². The van der Waals surface area contributed by atoms with Crippen LogP contribution >= 0.6 is 109 Å². The molecular weight excluding hydrogens is 1690 g/mol. The number of aryl methyl sites for hydroxylation is 3. The summed E-state index contributed by atoms with van der Waals surface area (Å²) in [5.41, 5.74) is 8.02. The first-order valence-electron chi connectivity index (χ1n) is 41.2. The molecule has 6 aromatic rings. The van der Waals surface area contributed by atoms with E-state index < -0.39 is 0 Å². The zero-order chi connectivity index (χ0) is 82.6. The van der Waals surface area contributed by atoms with E-state index in [4.69, 9.17) is 107 Å². The van der Waals surface area contributed by atoms with Gasteiger partial charge in [0.05, 0.1) is 11.9 Å². The number of piperidine rings is 4. The Kier molecular flexibility index (Phi) is 36.3. The molecule has 4 unspecified atom stereocenters. The van der Waals surface area contributed by atoms with Crippen LogP contribution in [-0.4, -0.2) is 141 Å². The lowest BCUT2D eigenvalue weighted by Gasteiger charge is -2.33. The van der Waals surface area contributed by atoms with Crippen LogP contribution in [0.5, 0.6) is 0 Å². The van der Waals surface area contributed by atoms with Gasteiger partial charge < -0.3 is 40.0 Å². The largest absolute Gasteiger partial charge is 0.445 e. The molecule has 0 aromatic heterocycles. The molecule has 4 aliphatic carbocycles. The average Bonchev–Trinajstić information content (AvgIpc) is 1.64. The second-order valence-corrected chi connectivity index (χ2v) is 39.5. The van der Waals surface area contributed by atoms with Crippen molar-refractivity contribution in [2.75, 3.05) is 77.4 Å². The highest BCUT2D eigenvalue weighted by Gasteiger charge is 2.59. The maximum Gasteiger partial charge on any atom is 0.410 e. The van der Waals surface area contributed by atoms with Crippen LogP contribution in [0.15, 0.2) is 133 Å². The fraction of sp³-hybridized carbons (Fsp3) is 0.554. The Hall–Kier alpha value is -4.79. The third kappa shape index (κ3) is 31.0. The third-order valence-corrected chi connectivity index (χ3v) is 26.6. The highest BCUT2D eigenvalue weighted by Crippen LogP contribution is 2.64. The van der Waals surface area contributed by atoms with Crippen LogP contribution in [-0.2, 0) is 67.5 Å². The van der Waals surface area contributed by atoms with Crippen molar-refractivity contribution in [2.45, 2.75) is 201 Å². The number of hydrogen-bond acceptors (Lipinski definition) is 10. The van der Waals surface area contributed by atoms with E-state index in [1.807, 2.05) is 144 Å². The zero-order valence-electron chi connectivity index (χ0n) is 68.3. The number of carbonyl (C=O) groups is 5. The minimum absolute atomic E-state index is 0. The van der Waals surface area contributed by atoms with E-state index in [0.29, 0.717) is 74.3 Å². The van der Waals surface area contributed by atoms with Crippen LogP contribution in [0.4, 0.5) is 9.59 Å². The molecule has 4 atom stereocenters. The van der Waals surface area contributed by atoms with Gasteiger partial charge in [-0.3, -0.25) is 19.3 Å². The Morgan fingerprint density at radius 2 is 0.784 bits per heavy atom. The molecule has 116 heavy (non-hydrogen) atoms. The number of alkyl halides is 1. The lowest BCUT2D eigenvalue weighted by molar-refractivity contribution is -0.124. The second-order valence-electron chi connectivity index (χ2n) is 35.4. The van der Waals surface area contributed by atoms with Crippen molar-refractivity contribution in [3.63, 3.8) is 0 Å². The SMILES string of the molecule is C1CCOC1.CC(C)(C)NC(=O)CBr.CC(C)(C)NC(=O)CN1CCC2(CC1)CC2CCc1cc(Cl)cc(Cl)c1.Clc1cc(Cl)cc(CCC2CC23CCNCC3)c1.O=C(Cc1cc(Cl)cc(Cl)c1)C1CC12CCN(C(=O)OCc1ccccc1)CC2.O=C(OCc1ccccc1)N1CCC2(CC1)CC2CCc1cc(Cl)cc(Cl)c1.[B]. The molecule has 3 N–H and O–H groups in total. The van der Waals surface area contributed by atoms with Gasteiger partial charge >= 0.3 is 12.2 Å². The smallest absolute Gasteiger partial charge is 0.410 e. The first-order valence-corrected chi connectivity index (χ1v) is 45.4. The molecular formula is C92H117BBrCl8N6O8. The minimum Gasteiger partial charge on any atom is -0.445 e. The monoisotopic (exact) mass is 1800 g/mol. The van der Waals surface area contributed by atoms with Gasteiger partial charge in [0.25, 0.3) is 0 Å². The summed E-state index contributed by atoms with van der Waals surface area (Å²) in [6.45, 7) is 22.5. The number of benzene rings is 6. The van der Waals surface area contributed by atoms with Crippen molar-refractivity contribution >= 4 is 147 Å². The highest BCUT2D eigenvalue weighted by atomic mass is 79.9. The fourth-order valence-corrected chi connectivity index (χ4v) is 20.1. The van der Waals surface area contributed by atoms with Crippen molar-refractivity contribution in [3.05, 3.63) is 207 Å². The van der Waals surface area contributed by atoms with Gasteiger partial charge in [-0.2, -0.15) is 0 Å². The van der Waals surface area contributed by atoms with Crippen LogP contribution in [0.3, 0.4) is 0 Å². The number of ketones is 1. The Bertz CT molecular complexity index is 4090. The normalized spacial score (nSPS) is 20.7. The number of Topliss-reactive ketones (excluding diaryl/α,β-unsaturated/α-hetero) is 1. The average molecular weight is 1810 g/mol. The summed E-state index contributed by atoms with van der Waals surface area (Å²) in [7, 11) is 0. The highest BCUT2D eigenvalue weighted by molar-refractivity contribution is 9.09. The lowest BCUT2D eigenvalue weighted by Crippen LogP contribution is -2.47. The number of ether oxygens (including phenoxy) is 3. The standard InChI is InChI=1S/C23H23Cl2NO3.C23H25Cl2NO2.C21H30Cl2N2O.C15H19Cl2N.C6H12BrNO.C4H8O.B/c24-18-10-17(11-19(25)13-18)12-21(27)20-14-23(20)6-8-26(9-7-23)22(28)29-15-16-4-2-1-3-5-16;24-20-12-18(13-21(25)14-20)6-7-19-15-23(19)8-10-26(11-9-23)22(27)28-16-17-4-2-1-3-5-17;1-20(2,3)24-19(26)14-25-8-6-21(7-9-25)13-16(21)5-4-15-10-17(22)12-18(23)11-15;16-13-7-11(8-14(17)9-13)1-2-12-10-15(12)3-5-18-6-4-15;1-6(2,3)8-5(9)4-7;1-2-4-5-3-1;/h1-5,10-11,13,20H,6-9,12,14-15H2;1-5,12-14,19H,6-11,15-16H2;10-12,16H,4-9,13-14H2,1-3H3,(H,24,26);7-9,12,18H,1-6,10H2;4H2,1-3H3,(H,8,9);1-4H2;. The maximum atomic E-state index is 12.8. The molecule has 3 radical (unpaired) electrons. The van der Waals surface area contributed by atoms with Crippen LogP contribution < -0.4 is 16.0 Å². The number of halogens is 9. The fourth-order valence-electron chi connectivity index (χ4n) is 17.6. The Morgan fingerprint density at radius 1 is 0.448 bits per heavy atom. The maximum absolute atomic E-state index is 12.8. The summed E-state index contributed by atoms with van der Waals surface area (Å²) in [5, 5.41) is 15.1. The van der Waals surface area contributed by atoms with Gasteiger partial charge in [-0.15, -0.1) is 0 Å². The molecule has 4 saturated carbocycles. The molecule has 4 spiro atoms. The van der Waals surface area contributed by atoms with Gasteiger partial charge in [0.15, 0.2) is 0 Å². The van der Waals surface area contributed by atoms with Crippen LogP contribution in [0.1, 0.15) is 184 Å². The molecule has 24 heteroatoms. The number of nitrogens with zero attached hydrogens (tertiary/aromatic N) is 3. The minimum atomic E-state index is -0.277. The molecule has 15 rings (SSSR count). The van der Waals surface area contributed by atoms with Crippen molar-refractivity contribution in [3.8, 4) is 0 Å². The van der Waals surface area contributed by atoms with Gasteiger partial charge in [-0.1, -0.05) is 169 Å². The summed E-state index contributed by atoms with van der Waals surface area (Å²) >= 11 is 51.6. The number of nitrogens with one attached hydrogen (secondary N) is 3. The third-order valence-electron chi connectivity index (χ3n) is 24.3. The summed E-state index contributed by atoms with van der Waals surface area (Å²) in [6.07, 6.45) is 23.2. The molecule has 9 aliphatic rings. The molecule has 5 heterocycles. The molecule has 0 bridgehead atoms. The molecule has 5 aliphatic heterocycles. The van der Waals surface area contributed by atoms with Gasteiger partial charge in [0.2, 0.25) is 11.8 Å². The number of amides is 4. The quantitative estimate of drug-likeness (QED) is 0.0526. The van der Waals surface area contributed by atoms with Crippen LogP contribution in [0.2, 0.25) is 40.2 Å². The molecule has 629 valence electrons. The van der Waals surface area contributed by atoms with Crippen molar-refractivity contribution in [2.24, 2.45) is 45.3 Å². The van der Waals surface area contributed by atoms with Crippen molar-refractivity contribution in [1.29, 1.82) is 0 Å². The van der Waals surface area contributed by atoms with Crippen molar-refractivity contribution < 1.29 is 38.2 Å². The summed E-state index contributed by atoms with van der Waals surface area (Å²) in [6, 6.07) is 42.3. The Morgan fingerprint density at radius 3 is 1.12 bits per heavy atom. The summed E-state index contributed by atoms with van der Waals surface area (Å²) in [4.78, 5) is 66.1. The topological polar surface area (TPSA) is 159 Å². The van der Waals surface area contributed by atoms with E-state index in [1.165, 1.54) is 100 Å². The van der Waals surface area contributed by atoms with E-state index in [1.54, 1.807) is 41.3 Å². The number of likely N-dealkylation sites (tertiary alicyclic amines) is 3. The second kappa shape index (κ2) is 44.3. The van der Waals surface area contributed by atoms with E-state index in [9.17, 15) is 24.0 Å². The van der Waals surface area contributed by atoms with Gasteiger partial charge in [-0.05, 0) is 342 Å². The van der Waals surface area contributed by atoms with E-state index >= 15 is 0 Å². The van der Waals surface area contributed by atoms with E-state index in [-0.39, 0.29) is 67.2 Å². The van der Waals surface area contributed by atoms with Gasteiger partial charge in [0.1, 0.15) is 19.0 Å². The predicted molar refractivity (Wildman–Crippen MR) is 480 cm³/mol. The summed E-state index contributed by atoms with van der Waals surface area (Å²) in [5.74, 6) is 2.96. The molecule has 4 amide bonds. The van der Waals surface area contributed by atoms with Crippen molar-refractivity contribution in [1.82, 2.24) is 30.7 Å². The van der Waals surface area contributed by atoms with E-state index in [2.05, 4.69) is 36.8 Å². The Labute approximate surface area is 740 Å². The zero-order valence-corrected chi connectivity index (χ0v) is 76.0. The molecule has 6 aromatic carbocycles. The summed E-state index contributed by atoms with van der Waals surface area (Å²) < 4.78 is 15.8. The molecule has 5 saturated heterocycles. The molecule has 14 nitrogen and oxygen atoms in total. The number of hydrogen-bond donors (Lipinski definition) is 3.